The molecule has 2 aromatic carbocycles. The number of nitrogens with zero attached hydrogens (tertiary/aromatic N) is 2. The second-order valence-electron chi connectivity index (χ2n) is 9.91. The minimum Gasteiger partial charge on any atom is -0.268 e. The summed E-state index contributed by atoms with van der Waals surface area (Å²) in [6.45, 7) is 9.04. The van der Waals surface area contributed by atoms with E-state index in [1.807, 2.05) is 30.3 Å². The summed E-state index contributed by atoms with van der Waals surface area (Å²) < 4.78 is 31.2. The molecule has 1 fully saturated rings. The van der Waals surface area contributed by atoms with Gasteiger partial charge in [0, 0.05) is 28.9 Å². The normalized spacial score (nSPS) is 18.2. The van der Waals surface area contributed by atoms with Gasteiger partial charge in [0.05, 0.1) is 0 Å². The van der Waals surface area contributed by atoms with Gasteiger partial charge in [-0.25, -0.2) is 8.78 Å². The van der Waals surface area contributed by atoms with Crippen LogP contribution < -0.4 is 0 Å². The summed E-state index contributed by atoms with van der Waals surface area (Å²) in [5.74, 6) is -0.243. The van der Waals surface area contributed by atoms with Gasteiger partial charge in [0.2, 0.25) is 0 Å². The van der Waals surface area contributed by atoms with E-state index in [2.05, 4.69) is 25.1 Å². The molecule has 0 N–H and O–H groups in total. The lowest BCUT2D eigenvalue weighted by atomic mass is 9.79. The maximum absolute atomic E-state index is 14.9. The molecule has 4 heteroatoms. The lowest BCUT2D eigenvalue weighted by Gasteiger charge is -2.29. The average molecular weight is 463 g/mol. The molecule has 1 aliphatic carbocycles. The van der Waals surface area contributed by atoms with Gasteiger partial charge in [-0.2, -0.15) is 5.10 Å². The second kappa shape index (κ2) is 11.1. The minimum absolute atomic E-state index is 0.295. The Morgan fingerprint density at radius 3 is 2.38 bits per heavy atom. The Morgan fingerprint density at radius 1 is 1.00 bits per heavy atom. The van der Waals surface area contributed by atoms with Crippen molar-refractivity contribution in [3.63, 3.8) is 0 Å². The van der Waals surface area contributed by atoms with Gasteiger partial charge in [-0.3, -0.25) is 4.68 Å². The van der Waals surface area contributed by atoms with Crippen LogP contribution in [0.25, 0.3) is 22.4 Å². The van der Waals surface area contributed by atoms with Crippen molar-refractivity contribution in [2.24, 2.45) is 11.8 Å². The molecule has 0 bridgehead atoms. The van der Waals surface area contributed by atoms with Gasteiger partial charge in [0.1, 0.15) is 5.69 Å². The second-order valence-corrected chi connectivity index (χ2v) is 9.91. The Bertz CT molecular complexity index is 1110. The number of allylic oxidation sites excluding steroid dienone is 1. The molecule has 0 saturated heterocycles. The van der Waals surface area contributed by atoms with Crippen LogP contribution in [0.2, 0.25) is 0 Å². The molecule has 1 heterocycles. The van der Waals surface area contributed by atoms with Crippen molar-refractivity contribution in [3.05, 3.63) is 78.0 Å². The summed E-state index contributed by atoms with van der Waals surface area (Å²) >= 11 is 0. The first-order chi connectivity index (χ1) is 16.5. The molecule has 180 valence electrons. The van der Waals surface area contributed by atoms with Crippen LogP contribution in [0.1, 0.15) is 64.5 Å². The lowest BCUT2D eigenvalue weighted by molar-refractivity contribution is 0.233. The number of rotatable bonds is 9. The molecule has 1 saturated carbocycles. The van der Waals surface area contributed by atoms with Crippen LogP contribution >= 0.6 is 0 Å². The van der Waals surface area contributed by atoms with Gasteiger partial charge in [-0.1, -0.05) is 74.2 Å². The SMILES string of the molecule is C=C(C)CCCC1CCC(Cn2nc(-c3ccccc3)c(-c3cccc(F)c3F)c2CC)CC1. The Labute approximate surface area is 202 Å². The third-order valence-corrected chi connectivity index (χ3v) is 7.27. The first-order valence-corrected chi connectivity index (χ1v) is 12.7. The smallest absolute Gasteiger partial charge is 0.166 e. The molecule has 2 nitrogen and oxygen atoms in total. The predicted octanol–water partition coefficient (Wildman–Crippen LogP) is 8.61. The van der Waals surface area contributed by atoms with Crippen molar-refractivity contribution >= 4 is 0 Å². The molecule has 3 aromatic rings. The molecule has 4 rings (SSSR count). The Morgan fingerprint density at radius 2 is 1.71 bits per heavy atom. The lowest BCUT2D eigenvalue weighted by Crippen LogP contribution is -2.20. The van der Waals surface area contributed by atoms with Crippen LogP contribution in [0.4, 0.5) is 8.78 Å². The topological polar surface area (TPSA) is 17.8 Å². The van der Waals surface area contributed by atoms with Crippen molar-refractivity contribution in [2.45, 2.75) is 71.8 Å². The standard InChI is InChI=1S/C30H36F2N2/c1-4-27-28(25-14-9-15-26(31)29(25)32)30(24-12-6-5-7-13-24)33-34(27)20-23-18-16-22(17-19-23)11-8-10-21(2)3/h5-7,9,12-15,22-23H,2,4,8,10-11,16-20H2,1,3H3. The van der Waals surface area contributed by atoms with E-state index in [0.717, 1.165) is 41.4 Å². The maximum Gasteiger partial charge on any atom is 0.166 e. The monoisotopic (exact) mass is 462 g/mol. The van der Waals surface area contributed by atoms with Gasteiger partial charge >= 0.3 is 0 Å². The summed E-state index contributed by atoms with van der Waals surface area (Å²) in [4.78, 5) is 0. The minimum atomic E-state index is -0.823. The number of halogens is 2. The molecule has 1 aromatic heterocycles. The van der Waals surface area contributed by atoms with Crippen molar-refractivity contribution in [1.82, 2.24) is 9.78 Å². The van der Waals surface area contributed by atoms with Crippen LogP contribution in [0.15, 0.2) is 60.7 Å². The van der Waals surface area contributed by atoms with Gasteiger partial charge in [-0.05, 0) is 56.9 Å². The van der Waals surface area contributed by atoms with E-state index in [-0.39, 0.29) is 0 Å². The van der Waals surface area contributed by atoms with E-state index in [0.29, 0.717) is 17.9 Å². The molecule has 0 aliphatic heterocycles. The van der Waals surface area contributed by atoms with Crippen molar-refractivity contribution in [3.8, 4) is 22.4 Å². The van der Waals surface area contributed by atoms with Crippen molar-refractivity contribution in [2.75, 3.05) is 0 Å². The average Bonchev–Trinajstić information content (AvgIpc) is 3.20. The Balaban J connectivity index is 1.60. The van der Waals surface area contributed by atoms with E-state index in [1.54, 1.807) is 12.1 Å². The third kappa shape index (κ3) is 5.48. The summed E-state index contributed by atoms with van der Waals surface area (Å²) in [5, 5.41) is 5.00. The number of benzene rings is 2. The molecule has 0 radical (unpaired) electrons. The number of hydrogen-bond donors (Lipinski definition) is 0. The highest BCUT2D eigenvalue weighted by atomic mass is 19.2. The highest BCUT2D eigenvalue weighted by Crippen LogP contribution is 2.39. The molecular weight excluding hydrogens is 426 g/mol. The van der Waals surface area contributed by atoms with Gasteiger partial charge in [0.25, 0.3) is 0 Å². The van der Waals surface area contributed by atoms with Gasteiger partial charge in [-0.15, -0.1) is 6.58 Å². The largest absolute Gasteiger partial charge is 0.268 e. The predicted molar refractivity (Wildman–Crippen MR) is 137 cm³/mol. The fourth-order valence-corrected chi connectivity index (χ4v) is 5.42. The van der Waals surface area contributed by atoms with E-state index in [9.17, 15) is 8.78 Å². The zero-order chi connectivity index (χ0) is 24.1. The van der Waals surface area contributed by atoms with E-state index in [1.165, 1.54) is 50.2 Å². The fourth-order valence-electron chi connectivity index (χ4n) is 5.42. The Hall–Kier alpha value is -2.75. The van der Waals surface area contributed by atoms with Crippen LogP contribution in [-0.2, 0) is 13.0 Å². The molecule has 0 unspecified atom stereocenters. The summed E-state index contributed by atoms with van der Waals surface area (Å²) in [6, 6.07) is 14.3. The van der Waals surface area contributed by atoms with E-state index in [4.69, 9.17) is 5.10 Å². The van der Waals surface area contributed by atoms with Crippen LogP contribution in [0.3, 0.4) is 0 Å². The molecule has 1 aliphatic rings. The first-order valence-electron chi connectivity index (χ1n) is 12.7. The molecule has 0 amide bonds. The highest BCUT2D eigenvalue weighted by molar-refractivity contribution is 5.83. The molecule has 34 heavy (non-hydrogen) atoms. The van der Waals surface area contributed by atoms with E-state index < -0.39 is 11.6 Å². The first kappa shape index (κ1) is 24.4. The van der Waals surface area contributed by atoms with Crippen molar-refractivity contribution in [1.29, 1.82) is 0 Å². The quantitative estimate of drug-likeness (QED) is 0.291. The third-order valence-electron chi connectivity index (χ3n) is 7.27. The van der Waals surface area contributed by atoms with E-state index >= 15 is 0 Å². The fraction of sp³-hybridized carbons (Fsp3) is 0.433. The van der Waals surface area contributed by atoms with Gasteiger partial charge < -0.3 is 0 Å². The number of hydrogen-bond acceptors (Lipinski definition) is 1. The molecule has 0 atom stereocenters. The molecule has 0 spiro atoms. The van der Waals surface area contributed by atoms with Gasteiger partial charge in [0.15, 0.2) is 11.6 Å². The van der Waals surface area contributed by atoms with Crippen LogP contribution in [0.5, 0.6) is 0 Å². The zero-order valence-corrected chi connectivity index (χ0v) is 20.5. The van der Waals surface area contributed by atoms with Crippen LogP contribution in [-0.4, -0.2) is 9.78 Å². The Kier molecular flexibility index (Phi) is 7.97. The summed E-state index contributed by atoms with van der Waals surface area (Å²) in [7, 11) is 0. The molecular formula is C30H36F2N2. The maximum atomic E-state index is 14.9. The highest BCUT2D eigenvalue weighted by Gasteiger charge is 2.26. The zero-order valence-electron chi connectivity index (χ0n) is 20.5. The summed E-state index contributed by atoms with van der Waals surface area (Å²) in [5.41, 5.74) is 4.93. The van der Waals surface area contributed by atoms with Crippen molar-refractivity contribution < 1.29 is 8.78 Å². The number of aromatic nitrogens is 2. The summed E-state index contributed by atoms with van der Waals surface area (Å²) in [6.07, 6.45) is 9.31. The van der Waals surface area contributed by atoms with Crippen LogP contribution in [0, 0.1) is 23.5 Å².